The topological polar surface area (TPSA) is 133 Å². The normalized spacial score (nSPS) is 16.6. The maximum Gasteiger partial charge on any atom is 0.262 e. The first kappa shape index (κ1) is 29.3. The number of hydrogen-bond acceptors (Lipinski definition) is 8. The molecular formula is C36H34N6O4. The van der Waals surface area contributed by atoms with Gasteiger partial charge in [-0.3, -0.25) is 29.4 Å². The average molecular weight is 615 g/mol. The molecule has 3 aliphatic rings. The number of unbranched alkanes of at least 4 members (excludes halogenated alkanes) is 3. The highest BCUT2D eigenvalue weighted by atomic mass is 16.2. The van der Waals surface area contributed by atoms with E-state index in [0.717, 1.165) is 60.6 Å². The quantitative estimate of drug-likeness (QED) is 0.133. The zero-order valence-electron chi connectivity index (χ0n) is 25.3. The maximum atomic E-state index is 13.3. The number of aryl methyl sites for hydroxylation is 1. The number of carbonyl (C=O) groups is 4. The van der Waals surface area contributed by atoms with Gasteiger partial charge >= 0.3 is 0 Å². The van der Waals surface area contributed by atoms with Gasteiger partial charge in [-0.25, -0.2) is 4.98 Å². The average Bonchev–Trinajstić information content (AvgIpc) is 3.55. The number of amides is 4. The predicted molar refractivity (Wildman–Crippen MR) is 174 cm³/mol. The van der Waals surface area contributed by atoms with E-state index < -0.39 is 23.8 Å². The molecule has 3 aromatic carbocycles. The predicted octanol–water partition coefficient (Wildman–Crippen LogP) is 5.41. The molecular weight excluding hydrogens is 580 g/mol. The van der Waals surface area contributed by atoms with Crippen molar-refractivity contribution in [1.29, 1.82) is 0 Å². The molecule has 4 amide bonds. The number of anilines is 3. The van der Waals surface area contributed by atoms with Crippen LogP contribution in [0.25, 0.3) is 11.1 Å². The molecule has 1 atom stereocenters. The Morgan fingerprint density at radius 2 is 1.65 bits per heavy atom. The van der Waals surface area contributed by atoms with Gasteiger partial charge in [0.25, 0.3) is 11.8 Å². The monoisotopic (exact) mass is 614 g/mol. The first-order chi connectivity index (χ1) is 22.5. The van der Waals surface area contributed by atoms with Crippen LogP contribution in [0.1, 0.15) is 75.9 Å². The molecule has 0 saturated carbocycles. The summed E-state index contributed by atoms with van der Waals surface area (Å²) in [6.45, 7) is 0.766. The van der Waals surface area contributed by atoms with Crippen LogP contribution in [0, 0.1) is 0 Å². The summed E-state index contributed by atoms with van der Waals surface area (Å²) in [6.07, 6.45) is 7.35. The van der Waals surface area contributed by atoms with Gasteiger partial charge in [-0.1, -0.05) is 55.3 Å². The van der Waals surface area contributed by atoms with Crippen molar-refractivity contribution < 1.29 is 19.2 Å². The zero-order valence-corrected chi connectivity index (χ0v) is 25.3. The fraction of sp³-hybridized carbons (Fsp3) is 0.278. The number of imide groups is 2. The van der Waals surface area contributed by atoms with Gasteiger partial charge in [0, 0.05) is 24.8 Å². The zero-order chi connectivity index (χ0) is 31.6. The molecule has 1 unspecified atom stereocenters. The summed E-state index contributed by atoms with van der Waals surface area (Å²) < 4.78 is 0. The second-order valence-electron chi connectivity index (χ2n) is 12.0. The number of nitrogens with zero attached hydrogens (tertiary/aromatic N) is 3. The molecule has 0 radical (unpaired) electrons. The minimum Gasteiger partial charge on any atom is -0.370 e. The molecule has 4 aromatic rings. The number of aromatic nitrogens is 2. The molecule has 1 fully saturated rings. The van der Waals surface area contributed by atoms with Gasteiger partial charge < -0.3 is 10.6 Å². The fourth-order valence-electron chi connectivity index (χ4n) is 6.67. The lowest BCUT2D eigenvalue weighted by molar-refractivity contribution is -0.136. The Balaban J connectivity index is 0.870. The molecule has 1 aromatic heterocycles. The summed E-state index contributed by atoms with van der Waals surface area (Å²) in [7, 11) is 0. The summed E-state index contributed by atoms with van der Waals surface area (Å²) in [5, 5.41) is 8.97. The highest BCUT2D eigenvalue weighted by Gasteiger charge is 2.45. The summed E-state index contributed by atoms with van der Waals surface area (Å²) in [5.41, 5.74) is 7.73. The van der Waals surface area contributed by atoms with Crippen LogP contribution in [0.2, 0.25) is 0 Å². The van der Waals surface area contributed by atoms with Crippen LogP contribution in [0.15, 0.2) is 72.9 Å². The van der Waals surface area contributed by atoms with Crippen LogP contribution in [-0.4, -0.2) is 51.1 Å². The summed E-state index contributed by atoms with van der Waals surface area (Å²) in [4.78, 5) is 60.3. The van der Waals surface area contributed by atoms with E-state index in [1.165, 1.54) is 22.3 Å². The van der Waals surface area contributed by atoms with Crippen LogP contribution in [0.5, 0.6) is 0 Å². The number of nitrogens with one attached hydrogen (secondary N) is 3. The Bertz CT molecular complexity index is 1870. The summed E-state index contributed by atoms with van der Waals surface area (Å²) in [5.74, 6) is -0.598. The van der Waals surface area contributed by atoms with Gasteiger partial charge in [-0.15, -0.1) is 0 Å². The number of carbonyl (C=O) groups excluding carboxylic acids is 4. The molecule has 10 nitrogen and oxygen atoms in total. The van der Waals surface area contributed by atoms with Gasteiger partial charge in [0.05, 0.1) is 11.1 Å². The van der Waals surface area contributed by atoms with Crippen molar-refractivity contribution in [3.63, 3.8) is 0 Å². The van der Waals surface area contributed by atoms with Crippen LogP contribution in [-0.2, 0) is 22.4 Å². The fourth-order valence-corrected chi connectivity index (χ4v) is 6.67. The first-order valence-electron chi connectivity index (χ1n) is 15.8. The van der Waals surface area contributed by atoms with Gasteiger partial charge in [0.2, 0.25) is 17.8 Å². The minimum absolute atomic E-state index is 0.103. The standard InChI is InChI=1S/C36H34N6O4/c43-31-16-15-29(33(44)41-31)42-34(45)28-12-7-10-22(32(28)35(42)46)8-3-1-2-6-18-37-30-17-19-38-36(40-30)39-25-13-14-27-24(21-25)20-23-9-4-5-11-26(23)27/h4-5,7,9-14,17,19,21,29H,1-3,6,8,15-16,18,20H2,(H,41,43,44)(H2,37,38,39,40). The van der Waals surface area contributed by atoms with Gasteiger partial charge in [-0.05, 0) is 84.2 Å². The third kappa shape index (κ3) is 5.74. The highest BCUT2D eigenvalue weighted by molar-refractivity contribution is 6.24. The molecule has 10 heteroatoms. The van der Waals surface area contributed by atoms with Crippen molar-refractivity contribution in [1.82, 2.24) is 20.2 Å². The van der Waals surface area contributed by atoms with Crippen molar-refractivity contribution in [2.75, 3.05) is 17.2 Å². The smallest absolute Gasteiger partial charge is 0.262 e. The van der Waals surface area contributed by atoms with E-state index in [1.807, 2.05) is 12.1 Å². The third-order valence-corrected chi connectivity index (χ3v) is 8.94. The van der Waals surface area contributed by atoms with Crippen molar-refractivity contribution in [3.05, 3.63) is 101 Å². The van der Waals surface area contributed by atoms with E-state index in [1.54, 1.807) is 18.3 Å². The Morgan fingerprint density at radius 3 is 2.54 bits per heavy atom. The number of fused-ring (bicyclic) bond motifs is 4. The van der Waals surface area contributed by atoms with Gasteiger partial charge in [0.15, 0.2) is 0 Å². The molecule has 7 rings (SSSR count). The number of piperidine rings is 1. The van der Waals surface area contributed by atoms with Crippen molar-refractivity contribution in [2.45, 2.75) is 57.4 Å². The van der Waals surface area contributed by atoms with E-state index in [-0.39, 0.29) is 18.7 Å². The number of benzene rings is 3. The van der Waals surface area contributed by atoms with Crippen LogP contribution < -0.4 is 16.0 Å². The van der Waals surface area contributed by atoms with E-state index in [0.29, 0.717) is 23.5 Å². The Morgan fingerprint density at radius 1 is 0.826 bits per heavy atom. The Kier molecular flexibility index (Phi) is 8.00. The molecule has 46 heavy (non-hydrogen) atoms. The highest BCUT2D eigenvalue weighted by Crippen LogP contribution is 2.38. The molecule has 1 aliphatic carbocycles. The molecule has 2 aliphatic heterocycles. The van der Waals surface area contributed by atoms with E-state index in [4.69, 9.17) is 0 Å². The lowest BCUT2D eigenvalue weighted by Gasteiger charge is -2.27. The lowest BCUT2D eigenvalue weighted by Crippen LogP contribution is -2.54. The second kappa shape index (κ2) is 12.5. The molecule has 3 heterocycles. The van der Waals surface area contributed by atoms with Crippen molar-refractivity contribution in [3.8, 4) is 11.1 Å². The molecule has 0 spiro atoms. The number of rotatable bonds is 11. The Labute approximate surface area is 266 Å². The molecule has 3 N–H and O–H groups in total. The van der Waals surface area contributed by atoms with Crippen LogP contribution in [0.3, 0.4) is 0 Å². The molecule has 232 valence electrons. The largest absolute Gasteiger partial charge is 0.370 e. The first-order valence-corrected chi connectivity index (χ1v) is 15.8. The van der Waals surface area contributed by atoms with Crippen LogP contribution in [0.4, 0.5) is 17.5 Å². The third-order valence-electron chi connectivity index (χ3n) is 8.94. The van der Waals surface area contributed by atoms with Crippen LogP contribution >= 0.6 is 0 Å². The molecule has 1 saturated heterocycles. The van der Waals surface area contributed by atoms with Crippen molar-refractivity contribution >= 4 is 41.1 Å². The number of hydrogen-bond donors (Lipinski definition) is 3. The summed E-state index contributed by atoms with van der Waals surface area (Å²) in [6, 6.07) is 21.1. The van der Waals surface area contributed by atoms with E-state index >= 15 is 0 Å². The summed E-state index contributed by atoms with van der Waals surface area (Å²) >= 11 is 0. The van der Waals surface area contributed by atoms with E-state index in [9.17, 15) is 19.2 Å². The SMILES string of the molecule is O=C1CCC(N2C(=O)c3cccc(CCCCCCNc4ccnc(Nc5ccc6c(c5)Cc5ccccc5-6)n4)c3C2=O)C(=O)N1. The second-order valence-corrected chi connectivity index (χ2v) is 12.0. The van der Waals surface area contributed by atoms with E-state index in [2.05, 4.69) is 68.4 Å². The van der Waals surface area contributed by atoms with Crippen molar-refractivity contribution in [2.24, 2.45) is 0 Å². The maximum absolute atomic E-state index is 13.3. The Hall–Kier alpha value is -5.38. The lowest BCUT2D eigenvalue weighted by atomic mass is 9.97. The van der Waals surface area contributed by atoms with Gasteiger partial charge in [0.1, 0.15) is 11.9 Å². The molecule has 0 bridgehead atoms. The minimum atomic E-state index is -0.954. The van der Waals surface area contributed by atoms with Gasteiger partial charge in [-0.2, -0.15) is 4.98 Å².